The van der Waals surface area contributed by atoms with Crippen LogP contribution in [0.3, 0.4) is 0 Å². The number of amides is 1. The van der Waals surface area contributed by atoms with Gasteiger partial charge < -0.3 is 20.7 Å². The van der Waals surface area contributed by atoms with Crippen LogP contribution in [0.15, 0.2) is 24.3 Å². The van der Waals surface area contributed by atoms with E-state index in [-0.39, 0.29) is 5.91 Å². The summed E-state index contributed by atoms with van der Waals surface area (Å²) in [6.45, 7) is 5.07. The van der Waals surface area contributed by atoms with Gasteiger partial charge in [0, 0.05) is 51.0 Å². The fourth-order valence-electron chi connectivity index (χ4n) is 2.44. The summed E-state index contributed by atoms with van der Waals surface area (Å²) >= 11 is 0. The van der Waals surface area contributed by atoms with E-state index in [9.17, 15) is 4.79 Å². The van der Waals surface area contributed by atoms with Crippen molar-refractivity contribution in [2.24, 2.45) is 5.73 Å². The third-order valence-electron chi connectivity index (χ3n) is 3.62. The van der Waals surface area contributed by atoms with Crippen LogP contribution in [-0.2, 0) is 4.79 Å². The molecule has 1 fully saturated rings. The normalized spacial score (nSPS) is 15.8. The number of hydrogen-bond acceptors (Lipinski definition) is 5. The lowest BCUT2D eigenvalue weighted by Gasteiger charge is -2.35. The molecule has 3 N–H and O–H groups in total. The molecular weight excluding hydrogens is 268 g/mol. The van der Waals surface area contributed by atoms with E-state index in [1.807, 2.05) is 18.2 Å². The number of rotatable bonds is 6. The van der Waals surface area contributed by atoms with Gasteiger partial charge in [0.2, 0.25) is 5.91 Å². The van der Waals surface area contributed by atoms with Gasteiger partial charge in [-0.05, 0) is 12.1 Å². The minimum Gasteiger partial charge on any atom is -0.497 e. The summed E-state index contributed by atoms with van der Waals surface area (Å²) in [6.07, 6.45) is 0. The summed E-state index contributed by atoms with van der Waals surface area (Å²) in [4.78, 5) is 16.2. The van der Waals surface area contributed by atoms with Crippen LogP contribution in [0.2, 0.25) is 0 Å². The quantitative estimate of drug-likeness (QED) is 0.766. The lowest BCUT2D eigenvalue weighted by Crippen LogP contribution is -2.49. The van der Waals surface area contributed by atoms with Gasteiger partial charge in [0.1, 0.15) is 5.75 Å². The summed E-state index contributed by atoms with van der Waals surface area (Å²) in [5.74, 6) is 0.923. The molecule has 2 rings (SSSR count). The lowest BCUT2D eigenvalue weighted by molar-refractivity contribution is -0.122. The first-order valence-corrected chi connectivity index (χ1v) is 7.31. The van der Waals surface area contributed by atoms with Crippen molar-refractivity contribution < 1.29 is 9.53 Å². The van der Waals surface area contributed by atoms with E-state index in [0.29, 0.717) is 19.6 Å². The monoisotopic (exact) mass is 292 g/mol. The van der Waals surface area contributed by atoms with Gasteiger partial charge in [0.15, 0.2) is 0 Å². The maximum Gasteiger partial charge on any atom is 0.234 e. The SMILES string of the molecule is COc1cccc(N2CCN(CC(=O)NCCN)CC2)c1. The van der Waals surface area contributed by atoms with E-state index in [2.05, 4.69) is 21.2 Å². The third-order valence-corrected chi connectivity index (χ3v) is 3.62. The molecule has 1 amide bonds. The van der Waals surface area contributed by atoms with Crippen LogP contribution in [0.5, 0.6) is 5.75 Å². The molecule has 1 heterocycles. The Labute approximate surface area is 125 Å². The van der Waals surface area contributed by atoms with Crippen molar-refractivity contribution in [2.75, 3.05) is 57.8 Å². The molecule has 0 unspecified atom stereocenters. The van der Waals surface area contributed by atoms with Gasteiger partial charge in [-0.1, -0.05) is 6.07 Å². The zero-order valence-corrected chi connectivity index (χ0v) is 12.5. The van der Waals surface area contributed by atoms with Gasteiger partial charge in [-0.3, -0.25) is 9.69 Å². The Morgan fingerprint density at radius 2 is 2.10 bits per heavy atom. The molecule has 0 radical (unpaired) electrons. The Kier molecular flexibility index (Phi) is 5.83. The fourth-order valence-corrected chi connectivity index (χ4v) is 2.44. The molecule has 0 saturated carbocycles. The molecule has 0 atom stereocenters. The Balaban J connectivity index is 1.81. The third kappa shape index (κ3) is 4.61. The Bertz CT molecular complexity index is 459. The Morgan fingerprint density at radius 1 is 1.33 bits per heavy atom. The minimum absolute atomic E-state index is 0.0512. The summed E-state index contributed by atoms with van der Waals surface area (Å²) in [6, 6.07) is 8.08. The van der Waals surface area contributed by atoms with Crippen LogP contribution in [0, 0.1) is 0 Å². The summed E-state index contributed by atoms with van der Waals surface area (Å²) in [5, 5.41) is 2.80. The first-order chi connectivity index (χ1) is 10.2. The zero-order valence-electron chi connectivity index (χ0n) is 12.5. The van der Waals surface area contributed by atoms with Crippen LogP contribution in [0.25, 0.3) is 0 Å². The van der Waals surface area contributed by atoms with E-state index in [4.69, 9.17) is 10.5 Å². The van der Waals surface area contributed by atoms with Gasteiger partial charge in [-0.25, -0.2) is 0 Å². The number of piperazine rings is 1. The first-order valence-electron chi connectivity index (χ1n) is 7.31. The van der Waals surface area contributed by atoms with Gasteiger partial charge in [-0.2, -0.15) is 0 Å². The molecule has 0 aliphatic carbocycles. The number of hydrogen-bond donors (Lipinski definition) is 2. The molecule has 1 aromatic rings. The van der Waals surface area contributed by atoms with Crippen LogP contribution < -0.4 is 20.7 Å². The smallest absolute Gasteiger partial charge is 0.234 e. The number of carbonyl (C=O) groups is 1. The highest BCUT2D eigenvalue weighted by Crippen LogP contribution is 2.21. The number of nitrogens with one attached hydrogen (secondary N) is 1. The second-order valence-electron chi connectivity index (χ2n) is 5.10. The van der Waals surface area contributed by atoms with E-state index in [1.165, 1.54) is 5.69 Å². The highest BCUT2D eigenvalue weighted by Gasteiger charge is 2.19. The molecule has 0 aromatic heterocycles. The first kappa shape index (κ1) is 15.6. The molecule has 0 bridgehead atoms. The summed E-state index contributed by atoms with van der Waals surface area (Å²) in [7, 11) is 1.68. The highest BCUT2D eigenvalue weighted by atomic mass is 16.5. The predicted molar refractivity (Wildman–Crippen MR) is 83.7 cm³/mol. The molecule has 21 heavy (non-hydrogen) atoms. The lowest BCUT2D eigenvalue weighted by atomic mass is 10.2. The van der Waals surface area contributed by atoms with E-state index >= 15 is 0 Å². The number of anilines is 1. The summed E-state index contributed by atoms with van der Waals surface area (Å²) < 4.78 is 5.26. The highest BCUT2D eigenvalue weighted by molar-refractivity contribution is 5.78. The van der Waals surface area contributed by atoms with Gasteiger partial charge >= 0.3 is 0 Å². The van der Waals surface area contributed by atoms with E-state index < -0.39 is 0 Å². The maximum absolute atomic E-state index is 11.7. The molecular formula is C15H24N4O2. The average Bonchev–Trinajstić information content (AvgIpc) is 2.53. The van der Waals surface area contributed by atoms with Gasteiger partial charge in [0.05, 0.1) is 13.7 Å². The maximum atomic E-state index is 11.7. The minimum atomic E-state index is 0.0512. The Hall–Kier alpha value is -1.79. The van der Waals surface area contributed by atoms with Crippen LogP contribution >= 0.6 is 0 Å². The fraction of sp³-hybridized carbons (Fsp3) is 0.533. The van der Waals surface area contributed by atoms with E-state index in [1.54, 1.807) is 7.11 Å². The summed E-state index contributed by atoms with van der Waals surface area (Å²) in [5.41, 5.74) is 6.54. The number of nitrogens with zero attached hydrogens (tertiary/aromatic N) is 2. The molecule has 1 aromatic carbocycles. The molecule has 1 aliphatic heterocycles. The zero-order chi connectivity index (χ0) is 15.1. The van der Waals surface area contributed by atoms with Crippen molar-refractivity contribution in [3.63, 3.8) is 0 Å². The molecule has 6 heteroatoms. The van der Waals surface area contributed by atoms with Crippen LogP contribution in [0.1, 0.15) is 0 Å². The number of methoxy groups -OCH3 is 1. The topological polar surface area (TPSA) is 70.8 Å². The van der Waals surface area contributed by atoms with Crippen molar-refractivity contribution in [3.8, 4) is 5.75 Å². The second-order valence-corrected chi connectivity index (χ2v) is 5.10. The predicted octanol–water partition coefficient (Wildman–Crippen LogP) is -0.108. The number of benzene rings is 1. The number of ether oxygens (including phenoxy) is 1. The van der Waals surface area contributed by atoms with Crippen LogP contribution in [-0.4, -0.2) is 63.7 Å². The molecule has 116 valence electrons. The standard InChI is InChI=1S/C15H24N4O2/c1-21-14-4-2-3-13(11-14)19-9-7-18(8-10-19)12-15(20)17-6-5-16/h2-4,11H,5-10,12,16H2,1H3,(H,17,20). The van der Waals surface area contributed by atoms with Gasteiger partial charge in [-0.15, -0.1) is 0 Å². The number of carbonyl (C=O) groups excluding carboxylic acids is 1. The molecule has 1 aliphatic rings. The van der Waals surface area contributed by atoms with E-state index in [0.717, 1.165) is 31.9 Å². The molecule has 1 saturated heterocycles. The largest absolute Gasteiger partial charge is 0.497 e. The van der Waals surface area contributed by atoms with Crippen molar-refractivity contribution in [3.05, 3.63) is 24.3 Å². The van der Waals surface area contributed by atoms with Gasteiger partial charge in [0.25, 0.3) is 0 Å². The second kappa shape index (κ2) is 7.85. The Morgan fingerprint density at radius 3 is 2.76 bits per heavy atom. The van der Waals surface area contributed by atoms with Crippen molar-refractivity contribution in [1.29, 1.82) is 0 Å². The van der Waals surface area contributed by atoms with Crippen LogP contribution in [0.4, 0.5) is 5.69 Å². The van der Waals surface area contributed by atoms with Crippen molar-refractivity contribution >= 4 is 11.6 Å². The van der Waals surface area contributed by atoms with Crippen molar-refractivity contribution in [1.82, 2.24) is 10.2 Å². The molecule has 6 nitrogen and oxygen atoms in total. The van der Waals surface area contributed by atoms with Crippen molar-refractivity contribution in [2.45, 2.75) is 0 Å². The molecule has 0 spiro atoms. The average molecular weight is 292 g/mol. The number of nitrogens with two attached hydrogens (primary N) is 1.